The van der Waals surface area contributed by atoms with Crippen LogP contribution in [-0.2, 0) is 10.0 Å². The number of hydrogen-bond donors (Lipinski definition) is 1. The number of nitrogens with one attached hydrogen (secondary N) is 1. The minimum absolute atomic E-state index is 0.235. The topological polar surface area (TPSA) is 85.1 Å². The van der Waals surface area contributed by atoms with Crippen molar-refractivity contribution in [2.75, 3.05) is 0 Å². The number of hydrogen-bond acceptors (Lipinski definition) is 5. The highest BCUT2D eigenvalue weighted by Gasteiger charge is 2.18. The van der Waals surface area contributed by atoms with Gasteiger partial charge in [-0.1, -0.05) is 35.5 Å². The fourth-order valence-corrected chi connectivity index (χ4v) is 2.57. The van der Waals surface area contributed by atoms with E-state index in [1.165, 1.54) is 6.08 Å². The summed E-state index contributed by atoms with van der Waals surface area (Å²) in [6.07, 6.45) is 1.52. The largest absolute Gasteiger partial charge is 0.338 e. The Labute approximate surface area is 117 Å². The van der Waals surface area contributed by atoms with Crippen LogP contribution in [0.25, 0.3) is 6.08 Å². The van der Waals surface area contributed by atoms with Crippen LogP contribution in [0.1, 0.15) is 30.2 Å². The van der Waals surface area contributed by atoms with Crippen LogP contribution in [0.2, 0.25) is 0 Å². The Morgan fingerprint density at radius 2 is 2.00 bits per heavy atom. The molecule has 0 amide bonds. The lowest BCUT2D eigenvalue weighted by atomic mass is 10.2. The van der Waals surface area contributed by atoms with Gasteiger partial charge in [-0.15, -0.1) is 0 Å². The van der Waals surface area contributed by atoms with Crippen LogP contribution >= 0.6 is 0 Å². The summed E-state index contributed by atoms with van der Waals surface area (Å²) in [4.78, 5) is 3.98. The van der Waals surface area contributed by atoms with Gasteiger partial charge in [0.05, 0.1) is 6.04 Å². The summed E-state index contributed by atoms with van der Waals surface area (Å²) in [5, 5.41) is 4.74. The minimum atomic E-state index is -3.58. The Balaban J connectivity index is 2.06. The Morgan fingerprint density at radius 1 is 1.30 bits per heavy atom. The van der Waals surface area contributed by atoms with Crippen LogP contribution in [0.4, 0.5) is 0 Å². The standard InChI is InChI=1S/C13H15N3O3S/c1-10(13-14-11(2)15-19-13)16-20(17,18)9-8-12-6-4-3-5-7-12/h3-10,16H,1-2H3/b9-8-/t10-/m0/s1. The molecule has 2 rings (SSSR count). The van der Waals surface area contributed by atoms with Crippen LogP contribution < -0.4 is 4.72 Å². The molecule has 0 spiro atoms. The highest BCUT2D eigenvalue weighted by molar-refractivity contribution is 7.92. The van der Waals surface area contributed by atoms with E-state index < -0.39 is 16.1 Å². The molecule has 0 aliphatic heterocycles. The third kappa shape index (κ3) is 4.01. The Hall–Kier alpha value is -1.99. The van der Waals surface area contributed by atoms with E-state index in [4.69, 9.17) is 4.52 Å². The lowest BCUT2D eigenvalue weighted by Gasteiger charge is -2.07. The van der Waals surface area contributed by atoms with Crippen molar-refractivity contribution in [1.82, 2.24) is 14.9 Å². The van der Waals surface area contributed by atoms with Crippen molar-refractivity contribution in [2.45, 2.75) is 19.9 Å². The molecule has 1 aromatic carbocycles. The number of nitrogens with zero attached hydrogens (tertiary/aromatic N) is 2. The van der Waals surface area contributed by atoms with Crippen molar-refractivity contribution in [3.8, 4) is 0 Å². The number of aryl methyl sites for hydroxylation is 1. The smallest absolute Gasteiger partial charge is 0.244 e. The molecule has 6 nitrogen and oxygen atoms in total. The fraction of sp³-hybridized carbons (Fsp3) is 0.231. The van der Waals surface area contributed by atoms with E-state index in [-0.39, 0.29) is 5.89 Å². The first-order valence-electron chi connectivity index (χ1n) is 6.02. The van der Waals surface area contributed by atoms with Crippen LogP contribution in [0.5, 0.6) is 0 Å². The molecule has 1 aromatic heterocycles. The lowest BCUT2D eigenvalue weighted by Crippen LogP contribution is -2.25. The quantitative estimate of drug-likeness (QED) is 0.911. The second kappa shape index (κ2) is 5.98. The average molecular weight is 293 g/mol. The highest BCUT2D eigenvalue weighted by Crippen LogP contribution is 2.11. The molecule has 106 valence electrons. The van der Waals surface area contributed by atoms with Crippen LogP contribution in [-0.4, -0.2) is 18.6 Å². The summed E-state index contributed by atoms with van der Waals surface area (Å²) in [7, 11) is -3.58. The molecule has 0 unspecified atom stereocenters. The molecule has 0 saturated heterocycles. The van der Waals surface area contributed by atoms with Gasteiger partial charge in [0, 0.05) is 5.41 Å². The Kier molecular flexibility index (Phi) is 4.31. The molecule has 2 aromatic rings. The second-order valence-electron chi connectivity index (χ2n) is 4.28. The number of aromatic nitrogens is 2. The monoisotopic (exact) mass is 293 g/mol. The van der Waals surface area contributed by atoms with E-state index in [1.54, 1.807) is 13.8 Å². The van der Waals surface area contributed by atoms with Gasteiger partial charge in [0.25, 0.3) is 0 Å². The molecule has 0 aliphatic carbocycles. The van der Waals surface area contributed by atoms with Crippen molar-refractivity contribution in [3.63, 3.8) is 0 Å². The molecule has 0 radical (unpaired) electrons. The number of rotatable bonds is 5. The van der Waals surface area contributed by atoms with Gasteiger partial charge in [0.2, 0.25) is 15.9 Å². The number of sulfonamides is 1. The first kappa shape index (κ1) is 14.4. The molecule has 0 fully saturated rings. The summed E-state index contributed by atoms with van der Waals surface area (Å²) in [5.41, 5.74) is 0.805. The molecule has 1 N–H and O–H groups in total. The second-order valence-corrected chi connectivity index (χ2v) is 5.88. The third-order valence-corrected chi connectivity index (χ3v) is 3.67. The zero-order valence-corrected chi connectivity index (χ0v) is 12.0. The summed E-state index contributed by atoms with van der Waals surface area (Å²) in [6.45, 7) is 3.31. The minimum Gasteiger partial charge on any atom is -0.338 e. The Morgan fingerprint density at radius 3 is 2.60 bits per heavy atom. The van der Waals surface area contributed by atoms with Crippen molar-refractivity contribution < 1.29 is 12.9 Å². The lowest BCUT2D eigenvalue weighted by molar-refractivity contribution is 0.351. The van der Waals surface area contributed by atoms with E-state index in [1.807, 2.05) is 30.3 Å². The maximum absolute atomic E-state index is 11.9. The predicted octanol–water partition coefficient (Wildman–Crippen LogP) is 2.03. The third-order valence-electron chi connectivity index (χ3n) is 2.49. The van der Waals surface area contributed by atoms with Gasteiger partial charge in [-0.05, 0) is 25.5 Å². The molecule has 7 heteroatoms. The van der Waals surface area contributed by atoms with Crippen LogP contribution in [0.15, 0.2) is 40.3 Å². The van der Waals surface area contributed by atoms with Crippen molar-refractivity contribution in [2.24, 2.45) is 0 Å². The first-order valence-corrected chi connectivity index (χ1v) is 7.56. The van der Waals surface area contributed by atoms with E-state index >= 15 is 0 Å². The summed E-state index contributed by atoms with van der Waals surface area (Å²) >= 11 is 0. The van der Waals surface area contributed by atoms with Gasteiger partial charge in [-0.3, -0.25) is 0 Å². The normalized spacial score (nSPS) is 13.7. The molecular formula is C13H15N3O3S. The molecular weight excluding hydrogens is 278 g/mol. The van der Waals surface area contributed by atoms with Crippen LogP contribution in [0.3, 0.4) is 0 Å². The van der Waals surface area contributed by atoms with Gasteiger partial charge >= 0.3 is 0 Å². The van der Waals surface area contributed by atoms with Crippen molar-refractivity contribution in [1.29, 1.82) is 0 Å². The van der Waals surface area contributed by atoms with E-state index in [2.05, 4.69) is 14.9 Å². The molecule has 20 heavy (non-hydrogen) atoms. The van der Waals surface area contributed by atoms with E-state index in [0.29, 0.717) is 5.82 Å². The molecule has 1 atom stereocenters. The summed E-state index contributed by atoms with van der Waals surface area (Å²) < 4.78 is 31.2. The first-order chi connectivity index (χ1) is 9.46. The average Bonchev–Trinajstić information content (AvgIpc) is 2.84. The van der Waals surface area contributed by atoms with Crippen molar-refractivity contribution >= 4 is 16.1 Å². The number of benzene rings is 1. The fourth-order valence-electron chi connectivity index (χ4n) is 1.56. The van der Waals surface area contributed by atoms with Gasteiger partial charge in [-0.2, -0.15) is 9.71 Å². The van der Waals surface area contributed by atoms with Gasteiger partial charge in [0.15, 0.2) is 5.82 Å². The predicted molar refractivity (Wildman–Crippen MR) is 75.0 cm³/mol. The summed E-state index contributed by atoms with van der Waals surface area (Å²) in [6, 6.07) is 8.59. The van der Waals surface area contributed by atoms with Gasteiger partial charge in [0.1, 0.15) is 0 Å². The van der Waals surface area contributed by atoms with E-state index in [9.17, 15) is 8.42 Å². The maximum atomic E-state index is 11.9. The SMILES string of the molecule is Cc1noc([C@H](C)NS(=O)(=O)/C=C\c2ccccc2)n1. The zero-order chi connectivity index (χ0) is 14.6. The van der Waals surface area contributed by atoms with Gasteiger partial charge in [-0.25, -0.2) is 8.42 Å². The highest BCUT2D eigenvalue weighted by atomic mass is 32.2. The molecule has 0 bridgehead atoms. The molecule has 0 saturated carbocycles. The zero-order valence-electron chi connectivity index (χ0n) is 11.1. The van der Waals surface area contributed by atoms with Crippen LogP contribution in [0, 0.1) is 6.92 Å². The molecule has 0 aliphatic rings. The van der Waals surface area contributed by atoms with Gasteiger partial charge < -0.3 is 4.52 Å². The van der Waals surface area contributed by atoms with E-state index in [0.717, 1.165) is 11.0 Å². The van der Waals surface area contributed by atoms with Crippen molar-refractivity contribution in [3.05, 3.63) is 53.0 Å². The maximum Gasteiger partial charge on any atom is 0.244 e. The Bertz CT molecular complexity index is 693. The summed E-state index contributed by atoms with van der Waals surface area (Å²) in [5.74, 6) is 0.699. The molecule has 1 heterocycles.